The fourth-order valence-electron chi connectivity index (χ4n) is 5.25. The fourth-order valence-corrected chi connectivity index (χ4v) is 5.25. The molecule has 0 unspecified atom stereocenters. The van der Waals surface area contributed by atoms with Crippen LogP contribution in [0.1, 0.15) is 66.3 Å². The van der Waals surface area contributed by atoms with E-state index in [4.69, 9.17) is 9.97 Å². The molecule has 0 aromatic carbocycles. The van der Waals surface area contributed by atoms with Gasteiger partial charge >= 0.3 is 0 Å². The van der Waals surface area contributed by atoms with Gasteiger partial charge in [-0.15, -0.1) is 0 Å². The average molecular weight is 351 g/mol. The lowest BCUT2D eigenvalue weighted by Crippen LogP contribution is -2.31. The van der Waals surface area contributed by atoms with Crippen LogP contribution in [-0.2, 0) is 0 Å². The highest BCUT2D eigenvalue weighted by molar-refractivity contribution is 6.74. The van der Waals surface area contributed by atoms with Gasteiger partial charge in [-0.05, 0) is 48.5 Å². The van der Waals surface area contributed by atoms with Gasteiger partial charge in [0.1, 0.15) is 11.3 Å². The molecule has 0 bridgehead atoms. The minimum Gasteiger partial charge on any atom is -0.310 e. The van der Waals surface area contributed by atoms with Crippen LogP contribution in [0.3, 0.4) is 0 Å². The van der Waals surface area contributed by atoms with Crippen LogP contribution >= 0.6 is 0 Å². The Balaban J connectivity index is 1.62. The molecule has 2 fully saturated rings. The minimum atomic E-state index is 0.375. The average Bonchev–Trinajstić information content (AvgIpc) is 2.90. The van der Waals surface area contributed by atoms with Crippen LogP contribution in [0.25, 0.3) is 11.2 Å². The molecule has 1 saturated heterocycles. The van der Waals surface area contributed by atoms with Gasteiger partial charge in [-0.1, -0.05) is 59.6 Å². The Bertz CT molecular complexity index is 811. The Morgan fingerprint density at radius 2 is 1.73 bits per heavy atom. The summed E-state index contributed by atoms with van der Waals surface area (Å²) < 4.78 is 2.40. The van der Waals surface area contributed by atoms with Gasteiger partial charge in [-0.2, -0.15) is 0 Å². The van der Waals surface area contributed by atoms with E-state index in [1.165, 1.54) is 30.9 Å². The van der Waals surface area contributed by atoms with Crippen LogP contribution in [0.2, 0.25) is 12.6 Å². The summed E-state index contributed by atoms with van der Waals surface area (Å²) in [4.78, 5) is 9.81. The van der Waals surface area contributed by atoms with Crippen molar-refractivity contribution >= 4 is 23.3 Å². The Hall–Kier alpha value is -1.32. The Kier molecular flexibility index (Phi) is 4.06. The Morgan fingerprint density at radius 3 is 2.31 bits per heavy atom. The quantitative estimate of drug-likeness (QED) is 0.719. The number of nitrogens with zero attached hydrogens (tertiary/aromatic N) is 3. The molecule has 140 valence electrons. The van der Waals surface area contributed by atoms with E-state index in [2.05, 4.69) is 65.3 Å². The van der Waals surface area contributed by atoms with Crippen molar-refractivity contribution in [2.24, 2.45) is 22.7 Å². The van der Waals surface area contributed by atoms with Gasteiger partial charge in [0, 0.05) is 12.2 Å². The summed E-state index contributed by atoms with van der Waals surface area (Å²) in [7, 11) is 0. The summed E-state index contributed by atoms with van der Waals surface area (Å²) in [6.07, 6.45) is 7.18. The van der Waals surface area contributed by atoms with E-state index in [0.29, 0.717) is 23.6 Å². The molecule has 1 saturated carbocycles. The third kappa shape index (κ3) is 2.71. The predicted octanol–water partition coefficient (Wildman–Crippen LogP) is 5.11. The monoisotopic (exact) mass is 351 g/mol. The molecular formula is C22H34BN3. The lowest BCUT2D eigenvalue weighted by Gasteiger charge is -2.39. The second kappa shape index (κ2) is 5.84. The molecule has 1 aliphatic carbocycles. The highest BCUT2D eigenvalue weighted by Crippen LogP contribution is 2.52. The van der Waals surface area contributed by atoms with Crippen molar-refractivity contribution in [3.63, 3.8) is 0 Å². The maximum absolute atomic E-state index is 4.92. The molecule has 4 heteroatoms. The third-order valence-electron chi connectivity index (χ3n) is 8.00. The number of pyridine rings is 1. The molecule has 0 N–H and O–H groups in total. The number of hydrogen-bond donors (Lipinski definition) is 0. The van der Waals surface area contributed by atoms with E-state index < -0.39 is 0 Å². The summed E-state index contributed by atoms with van der Waals surface area (Å²) >= 11 is 0. The smallest absolute Gasteiger partial charge is 0.179 e. The first-order valence-corrected chi connectivity index (χ1v) is 10.4. The van der Waals surface area contributed by atoms with Crippen molar-refractivity contribution < 1.29 is 0 Å². The van der Waals surface area contributed by atoms with Crippen molar-refractivity contribution in [2.45, 2.75) is 80.0 Å². The van der Waals surface area contributed by atoms with Crippen molar-refractivity contribution in [1.29, 1.82) is 0 Å². The van der Waals surface area contributed by atoms with E-state index >= 15 is 0 Å². The molecule has 4 rings (SSSR count). The molecule has 0 radical (unpaired) electrons. The predicted molar refractivity (Wildman–Crippen MR) is 111 cm³/mol. The maximum atomic E-state index is 4.92. The lowest BCUT2D eigenvalue weighted by atomic mass is 9.42. The summed E-state index contributed by atoms with van der Waals surface area (Å²) in [5, 5.41) is 0. The molecule has 2 aromatic heterocycles. The standard InChI is InChI=1S/C22H34BN3/c1-14(2)16-8-18(9-16)26-15(3)25-19-10-17(11-24-20(19)26)23-12-21(4,5)22(6,7)13-23/h10-11,14,16,18H,8-9,12-13H2,1-7H3. The molecular weight excluding hydrogens is 317 g/mol. The van der Waals surface area contributed by atoms with Crippen LogP contribution in [0.15, 0.2) is 12.3 Å². The van der Waals surface area contributed by atoms with Gasteiger partial charge in [0.25, 0.3) is 0 Å². The highest BCUT2D eigenvalue weighted by Gasteiger charge is 2.48. The lowest BCUT2D eigenvalue weighted by molar-refractivity contribution is 0.148. The van der Waals surface area contributed by atoms with E-state index in [1.54, 1.807) is 0 Å². The number of fused-ring (bicyclic) bond motifs is 1. The molecule has 0 atom stereocenters. The van der Waals surface area contributed by atoms with Gasteiger partial charge in [0.2, 0.25) is 0 Å². The molecule has 0 amide bonds. The normalized spacial score (nSPS) is 27.3. The maximum Gasteiger partial charge on any atom is 0.179 e. The van der Waals surface area contributed by atoms with Crippen LogP contribution < -0.4 is 5.46 Å². The number of rotatable bonds is 3. The van der Waals surface area contributed by atoms with Crippen LogP contribution in [0, 0.1) is 29.6 Å². The Labute approximate surface area is 159 Å². The first-order valence-electron chi connectivity index (χ1n) is 10.4. The number of hydrogen-bond acceptors (Lipinski definition) is 2. The molecule has 2 aliphatic rings. The minimum absolute atomic E-state index is 0.375. The van der Waals surface area contributed by atoms with Gasteiger partial charge in [0.15, 0.2) is 12.4 Å². The Morgan fingerprint density at radius 1 is 1.12 bits per heavy atom. The van der Waals surface area contributed by atoms with Crippen LogP contribution in [0.4, 0.5) is 0 Å². The topological polar surface area (TPSA) is 30.7 Å². The SMILES string of the molecule is Cc1nc2cc(B3CC(C)(C)C(C)(C)C3)cnc2n1C1CC(C(C)C)C1. The third-order valence-corrected chi connectivity index (χ3v) is 8.00. The molecule has 1 aliphatic heterocycles. The second-order valence-electron chi connectivity index (χ2n) is 10.6. The summed E-state index contributed by atoms with van der Waals surface area (Å²) in [5.41, 5.74) is 4.32. The first-order chi connectivity index (χ1) is 12.1. The largest absolute Gasteiger partial charge is 0.310 e. The fraction of sp³-hybridized carbons (Fsp3) is 0.727. The molecule has 3 heterocycles. The summed E-state index contributed by atoms with van der Waals surface area (Å²) in [6, 6.07) is 2.92. The summed E-state index contributed by atoms with van der Waals surface area (Å²) in [5.74, 6) is 2.78. The molecule has 3 nitrogen and oxygen atoms in total. The van der Waals surface area contributed by atoms with Crippen LogP contribution in [0.5, 0.6) is 0 Å². The highest BCUT2D eigenvalue weighted by atomic mass is 15.2. The van der Waals surface area contributed by atoms with E-state index in [-0.39, 0.29) is 0 Å². The van der Waals surface area contributed by atoms with E-state index in [0.717, 1.165) is 28.8 Å². The first kappa shape index (κ1) is 18.1. The zero-order valence-corrected chi connectivity index (χ0v) is 17.6. The summed E-state index contributed by atoms with van der Waals surface area (Å²) in [6.45, 7) is 17.1. The van der Waals surface area contributed by atoms with Crippen molar-refractivity contribution in [2.75, 3.05) is 0 Å². The van der Waals surface area contributed by atoms with Crippen molar-refractivity contribution in [3.05, 3.63) is 18.1 Å². The van der Waals surface area contributed by atoms with Crippen LogP contribution in [-0.4, -0.2) is 21.2 Å². The van der Waals surface area contributed by atoms with E-state index in [1.807, 2.05) is 0 Å². The van der Waals surface area contributed by atoms with Gasteiger partial charge < -0.3 is 4.57 Å². The number of imidazole rings is 1. The number of aryl methyl sites for hydroxylation is 1. The van der Waals surface area contributed by atoms with Gasteiger partial charge in [-0.25, -0.2) is 9.97 Å². The second-order valence-corrected chi connectivity index (χ2v) is 10.6. The van der Waals surface area contributed by atoms with Crippen molar-refractivity contribution in [3.8, 4) is 0 Å². The zero-order chi connectivity index (χ0) is 18.9. The van der Waals surface area contributed by atoms with E-state index in [9.17, 15) is 0 Å². The van der Waals surface area contributed by atoms with Gasteiger partial charge in [-0.3, -0.25) is 0 Å². The molecule has 2 aromatic rings. The number of aromatic nitrogens is 3. The van der Waals surface area contributed by atoms with Crippen molar-refractivity contribution in [1.82, 2.24) is 14.5 Å². The zero-order valence-electron chi connectivity index (χ0n) is 17.6. The molecule has 26 heavy (non-hydrogen) atoms. The molecule has 0 spiro atoms. The van der Waals surface area contributed by atoms with Gasteiger partial charge in [0.05, 0.1) is 0 Å².